The zero-order valence-electron chi connectivity index (χ0n) is 11.6. The van der Waals surface area contributed by atoms with Crippen LogP contribution in [-0.2, 0) is 0 Å². The number of benzene rings is 1. The van der Waals surface area contributed by atoms with Crippen LogP contribution in [-0.4, -0.2) is 17.7 Å². The molecular weight excluding hydrogens is 283 g/mol. The second kappa shape index (κ2) is 6.05. The lowest BCUT2D eigenvalue weighted by atomic mass is 9.78. The molecule has 116 valence electrons. The van der Waals surface area contributed by atoms with E-state index in [1.807, 2.05) is 0 Å². The van der Waals surface area contributed by atoms with Crippen molar-refractivity contribution in [2.24, 2.45) is 5.73 Å². The molecule has 1 saturated carbocycles. The zero-order valence-corrected chi connectivity index (χ0v) is 11.6. The number of halogens is 3. The van der Waals surface area contributed by atoms with Crippen LogP contribution in [0.15, 0.2) is 24.3 Å². The van der Waals surface area contributed by atoms with Crippen LogP contribution in [0.25, 0.3) is 0 Å². The highest BCUT2D eigenvalue weighted by Crippen LogP contribution is 2.32. The Labute approximate surface area is 121 Å². The van der Waals surface area contributed by atoms with Crippen LogP contribution in [0.2, 0.25) is 0 Å². The minimum Gasteiger partial charge on any atom is -0.405 e. The van der Waals surface area contributed by atoms with Gasteiger partial charge in [0.15, 0.2) is 5.78 Å². The number of ether oxygens (including phenoxy) is 1. The summed E-state index contributed by atoms with van der Waals surface area (Å²) in [7, 11) is 0. The molecule has 1 aliphatic rings. The molecule has 1 aliphatic carbocycles. The highest BCUT2D eigenvalue weighted by molar-refractivity contribution is 5.99. The Bertz CT molecular complexity index is 508. The van der Waals surface area contributed by atoms with Gasteiger partial charge in [0.2, 0.25) is 0 Å². The Hall–Kier alpha value is -1.56. The van der Waals surface area contributed by atoms with E-state index >= 15 is 0 Å². The van der Waals surface area contributed by atoms with Gasteiger partial charge in [-0.3, -0.25) is 4.79 Å². The van der Waals surface area contributed by atoms with Crippen molar-refractivity contribution in [2.75, 3.05) is 0 Å². The summed E-state index contributed by atoms with van der Waals surface area (Å²) in [6, 6.07) is 5.40. The maximum atomic E-state index is 12.4. The van der Waals surface area contributed by atoms with Crippen molar-refractivity contribution < 1.29 is 22.7 Å². The van der Waals surface area contributed by atoms with E-state index in [1.165, 1.54) is 18.2 Å². The molecule has 2 rings (SSSR count). The first kappa shape index (κ1) is 15.8. The molecule has 21 heavy (non-hydrogen) atoms. The number of alkyl halides is 3. The largest absolute Gasteiger partial charge is 0.573 e. The number of rotatable bonds is 4. The lowest BCUT2D eigenvalue weighted by molar-refractivity contribution is -0.274. The summed E-state index contributed by atoms with van der Waals surface area (Å²) in [6.07, 6.45) is -0.342. The van der Waals surface area contributed by atoms with Gasteiger partial charge in [-0.2, -0.15) is 0 Å². The Morgan fingerprint density at radius 1 is 1.19 bits per heavy atom. The third kappa shape index (κ3) is 4.46. The van der Waals surface area contributed by atoms with Crippen molar-refractivity contribution in [2.45, 2.75) is 50.4 Å². The van der Waals surface area contributed by atoms with Crippen molar-refractivity contribution >= 4 is 5.78 Å². The van der Waals surface area contributed by atoms with Crippen LogP contribution in [0.1, 0.15) is 48.9 Å². The Balaban J connectivity index is 2.15. The molecule has 1 aromatic carbocycles. The first-order chi connectivity index (χ1) is 9.79. The number of hydrogen-bond donors (Lipinski definition) is 1. The topological polar surface area (TPSA) is 52.3 Å². The van der Waals surface area contributed by atoms with E-state index in [1.54, 1.807) is 0 Å². The summed E-state index contributed by atoms with van der Waals surface area (Å²) in [6.45, 7) is 0. The van der Waals surface area contributed by atoms with Gasteiger partial charge in [0.25, 0.3) is 0 Å². The fraction of sp³-hybridized carbons (Fsp3) is 0.533. The Morgan fingerprint density at radius 3 is 2.43 bits per heavy atom. The summed E-state index contributed by atoms with van der Waals surface area (Å²) < 4.78 is 41.0. The first-order valence-corrected chi connectivity index (χ1v) is 6.96. The van der Waals surface area contributed by atoms with Crippen molar-refractivity contribution in [3.05, 3.63) is 29.8 Å². The van der Waals surface area contributed by atoms with Gasteiger partial charge >= 0.3 is 6.36 Å². The fourth-order valence-corrected chi connectivity index (χ4v) is 2.76. The molecule has 0 saturated heterocycles. The second-order valence-corrected chi connectivity index (χ2v) is 5.57. The molecule has 0 amide bonds. The molecule has 1 aromatic rings. The summed E-state index contributed by atoms with van der Waals surface area (Å²) in [5.74, 6) is -0.867. The molecular formula is C15H18F3NO2. The fourth-order valence-electron chi connectivity index (χ4n) is 2.76. The van der Waals surface area contributed by atoms with Crippen molar-refractivity contribution in [3.63, 3.8) is 0 Å². The molecule has 0 unspecified atom stereocenters. The second-order valence-electron chi connectivity index (χ2n) is 5.57. The lowest BCUT2D eigenvalue weighted by Gasteiger charge is -2.32. The molecule has 6 heteroatoms. The average molecular weight is 301 g/mol. The Kier molecular flexibility index (Phi) is 4.56. The number of ketones is 1. The Morgan fingerprint density at radius 2 is 1.81 bits per heavy atom. The predicted molar refractivity (Wildman–Crippen MR) is 72.1 cm³/mol. The summed E-state index contributed by atoms with van der Waals surface area (Å²) in [4.78, 5) is 12.3. The number of carbonyl (C=O) groups excluding carboxylic acids is 1. The summed E-state index contributed by atoms with van der Waals surface area (Å²) in [5, 5.41) is 0. The van der Waals surface area contributed by atoms with Crippen LogP contribution in [0.3, 0.4) is 0 Å². The van der Waals surface area contributed by atoms with E-state index in [4.69, 9.17) is 5.73 Å². The number of carbonyl (C=O) groups is 1. The maximum Gasteiger partial charge on any atom is 0.573 e. The lowest BCUT2D eigenvalue weighted by Crippen LogP contribution is -2.43. The smallest absolute Gasteiger partial charge is 0.405 e. The third-order valence-corrected chi connectivity index (χ3v) is 3.78. The van der Waals surface area contributed by atoms with Gasteiger partial charge in [0, 0.05) is 12.0 Å². The number of para-hydroxylation sites is 1. The minimum atomic E-state index is -4.82. The molecule has 0 atom stereocenters. The normalized spacial score (nSPS) is 18.3. The highest BCUT2D eigenvalue weighted by Gasteiger charge is 2.35. The number of nitrogens with two attached hydrogens (primary N) is 1. The molecule has 0 bridgehead atoms. The predicted octanol–water partition coefficient (Wildman–Crippen LogP) is 3.82. The zero-order chi connectivity index (χ0) is 15.5. The third-order valence-electron chi connectivity index (χ3n) is 3.78. The molecule has 0 radical (unpaired) electrons. The first-order valence-electron chi connectivity index (χ1n) is 6.96. The van der Waals surface area contributed by atoms with Gasteiger partial charge in [0.05, 0.1) is 5.56 Å². The van der Waals surface area contributed by atoms with Gasteiger partial charge in [-0.05, 0) is 25.0 Å². The SMILES string of the molecule is NC1(CC(=O)c2ccccc2OC(F)(F)F)CCCCC1. The molecule has 0 heterocycles. The van der Waals surface area contributed by atoms with Crippen LogP contribution in [0.4, 0.5) is 13.2 Å². The van der Waals surface area contributed by atoms with Crippen LogP contribution in [0, 0.1) is 0 Å². The molecule has 1 fully saturated rings. The molecule has 0 aromatic heterocycles. The van der Waals surface area contributed by atoms with E-state index in [0.717, 1.165) is 38.2 Å². The van der Waals surface area contributed by atoms with Crippen molar-refractivity contribution in [1.82, 2.24) is 0 Å². The monoisotopic (exact) mass is 301 g/mol. The van der Waals surface area contributed by atoms with E-state index < -0.39 is 23.4 Å². The number of hydrogen-bond acceptors (Lipinski definition) is 3. The van der Waals surface area contributed by atoms with Gasteiger partial charge in [-0.15, -0.1) is 13.2 Å². The van der Waals surface area contributed by atoms with E-state index in [-0.39, 0.29) is 12.0 Å². The van der Waals surface area contributed by atoms with Crippen LogP contribution >= 0.6 is 0 Å². The van der Waals surface area contributed by atoms with Gasteiger partial charge in [-0.1, -0.05) is 31.4 Å². The minimum absolute atomic E-state index is 0.0469. The van der Waals surface area contributed by atoms with Crippen LogP contribution in [0.5, 0.6) is 5.75 Å². The van der Waals surface area contributed by atoms with Gasteiger partial charge < -0.3 is 10.5 Å². The summed E-state index contributed by atoms with van der Waals surface area (Å²) in [5.41, 5.74) is 5.52. The van der Waals surface area contributed by atoms with E-state index in [9.17, 15) is 18.0 Å². The quantitative estimate of drug-likeness (QED) is 0.860. The van der Waals surface area contributed by atoms with Gasteiger partial charge in [-0.25, -0.2) is 0 Å². The molecule has 3 nitrogen and oxygen atoms in total. The molecule has 0 aliphatic heterocycles. The van der Waals surface area contributed by atoms with Crippen molar-refractivity contribution in [3.8, 4) is 5.75 Å². The average Bonchev–Trinajstić information content (AvgIpc) is 2.37. The highest BCUT2D eigenvalue weighted by atomic mass is 19.4. The van der Waals surface area contributed by atoms with E-state index in [0.29, 0.717) is 0 Å². The molecule has 2 N–H and O–H groups in total. The number of Topliss-reactive ketones (excluding diaryl/α,β-unsaturated/α-hetero) is 1. The standard InChI is InChI=1S/C15H18F3NO2/c16-15(17,18)21-13-7-3-2-6-11(13)12(20)10-14(19)8-4-1-5-9-14/h2-3,6-7H,1,4-5,8-10,19H2. The van der Waals surface area contributed by atoms with Crippen molar-refractivity contribution in [1.29, 1.82) is 0 Å². The van der Waals surface area contributed by atoms with Crippen LogP contribution < -0.4 is 10.5 Å². The molecule has 0 spiro atoms. The van der Waals surface area contributed by atoms with Gasteiger partial charge in [0.1, 0.15) is 5.75 Å². The summed E-state index contributed by atoms with van der Waals surface area (Å²) >= 11 is 0. The van der Waals surface area contributed by atoms with E-state index in [2.05, 4.69) is 4.74 Å². The maximum absolute atomic E-state index is 12.4.